The summed E-state index contributed by atoms with van der Waals surface area (Å²) in [5.74, 6) is 2.07. The van der Waals surface area contributed by atoms with Gasteiger partial charge in [-0.3, -0.25) is 0 Å². The molecule has 1 saturated carbocycles. The van der Waals surface area contributed by atoms with Gasteiger partial charge in [0.25, 0.3) is 0 Å². The molecule has 1 atom stereocenters. The minimum absolute atomic E-state index is 0.887. The van der Waals surface area contributed by atoms with E-state index < -0.39 is 0 Å². The van der Waals surface area contributed by atoms with Crippen molar-refractivity contribution in [1.29, 1.82) is 0 Å². The van der Waals surface area contributed by atoms with Gasteiger partial charge in [-0.1, -0.05) is 66.7 Å². The van der Waals surface area contributed by atoms with Gasteiger partial charge in [-0.25, -0.2) is 0 Å². The summed E-state index contributed by atoms with van der Waals surface area (Å²) in [5.41, 5.74) is 0. The van der Waals surface area contributed by atoms with Gasteiger partial charge < -0.3 is 5.32 Å². The average molecular weight is 270 g/mol. The maximum Gasteiger partial charge on any atom is 0.00958 e. The lowest BCUT2D eigenvalue weighted by Gasteiger charge is -2.31. The number of nitrogens with one attached hydrogen (secondary N) is 1. The Morgan fingerprint density at radius 3 is 1.68 bits per heavy atom. The van der Waals surface area contributed by atoms with Crippen LogP contribution in [0.25, 0.3) is 0 Å². The average Bonchev–Trinajstić information content (AvgIpc) is 2.95. The van der Waals surface area contributed by atoms with E-state index in [4.69, 9.17) is 0 Å². The molecule has 1 saturated heterocycles. The summed E-state index contributed by atoms with van der Waals surface area (Å²) in [4.78, 5) is 0. The Bertz CT molecular complexity index is 163. The summed E-state index contributed by atoms with van der Waals surface area (Å²) in [6.07, 6.45) is 12.8. The lowest BCUT2D eigenvalue weighted by atomic mass is 9.77. The van der Waals surface area contributed by atoms with Gasteiger partial charge >= 0.3 is 0 Å². The van der Waals surface area contributed by atoms with E-state index in [2.05, 4.69) is 39.9 Å². The van der Waals surface area contributed by atoms with Crippen molar-refractivity contribution in [2.45, 2.75) is 98.4 Å². The van der Waals surface area contributed by atoms with Crippen LogP contribution < -0.4 is 5.32 Å². The van der Waals surface area contributed by atoms with E-state index in [9.17, 15) is 0 Å². The second kappa shape index (κ2) is 13.0. The van der Waals surface area contributed by atoms with Crippen molar-refractivity contribution >= 4 is 0 Å². The molecule has 1 aliphatic carbocycles. The van der Waals surface area contributed by atoms with Crippen LogP contribution in [-0.2, 0) is 0 Å². The first-order valence-electron chi connectivity index (χ1n) is 8.96. The highest BCUT2D eigenvalue weighted by Crippen LogP contribution is 2.34. The number of rotatable bonds is 2. The molecule has 0 amide bonds. The Morgan fingerprint density at radius 2 is 1.32 bits per heavy atom. The highest BCUT2D eigenvalue weighted by Gasteiger charge is 2.28. The molecule has 1 unspecified atom stereocenters. The molecule has 0 aromatic carbocycles. The third-order valence-electron chi connectivity index (χ3n) is 4.14. The van der Waals surface area contributed by atoms with E-state index in [0.29, 0.717) is 0 Å². The molecule has 1 heterocycles. The van der Waals surface area contributed by atoms with Crippen LogP contribution in [0.3, 0.4) is 0 Å². The van der Waals surface area contributed by atoms with Crippen LogP contribution in [0.5, 0.6) is 0 Å². The fraction of sp³-hybridized carbons (Fsp3) is 1.00. The summed E-state index contributed by atoms with van der Waals surface area (Å²) in [6.45, 7) is 12.1. The van der Waals surface area contributed by atoms with E-state index in [-0.39, 0.29) is 0 Å². The predicted octanol–water partition coefficient (Wildman–Crippen LogP) is 5.79. The molecule has 0 spiro atoms. The maximum absolute atomic E-state index is 3.66. The normalized spacial score (nSPS) is 29.8. The first-order chi connectivity index (χ1) is 9.23. The zero-order valence-corrected chi connectivity index (χ0v) is 14.3. The van der Waals surface area contributed by atoms with Crippen molar-refractivity contribution in [3.63, 3.8) is 0 Å². The molecule has 116 valence electrons. The van der Waals surface area contributed by atoms with Crippen molar-refractivity contribution in [1.82, 2.24) is 5.32 Å². The zero-order valence-electron chi connectivity index (χ0n) is 14.3. The molecule has 2 aliphatic rings. The molecule has 1 nitrogen and oxygen atoms in total. The van der Waals surface area contributed by atoms with Gasteiger partial charge in [0.05, 0.1) is 0 Å². The Kier molecular flexibility index (Phi) is 12.9. The largest absolute Gasteiger partial charge is 0.314 e. The third-order valence-corrected chi connectivity index (χ3v) is 4.14. The fourth-order valence-electron chi connectivity index (χ4n) is 3.11. The topological polar surface area (TPSA) is 12.0 Å². The summed E-state index contributed by atoms with van der Waals surface area (Å²) < 4.78 is 0. The molecule has 19 heavy (non-hydrogen) atoms. The van der Waals surface area contributed by atoms with E-state index in [1.165, 1.54) is 64.3 Å². The molecular weight excluding hydrogens is 230 g/mol. The molecule has 0 bridgehead atoms. The summed E-state index contributed by atoms with van der Waals surface area (Å²) in [6, 6.07) is 0.887. The van der Waals surface area contributed by atoms with E-state index in [1.807, 2.05) is 0 Å². The molecule has 1 heteroatoms. The van der Waals surface area contributed by atoms with E-state index in [1.54, 1.807) is 0 Å². The van der Waals surface area contributed by atoms with Gasteiger partial charge in [0.15, 0.2) is 0 Å². The predicted molar refractivity (Wildman–Crippen MR) is 88.7 cm³/mol. The van der Waals surface area contributed by atoms with Gasteiger partial charge in [0.2, 0.25) is 0 Å². The van der Waals surface area contributed by atoms with Gasteiger partial charge in [0, 0.05) is 6.04 Å². The van der Waals surface area contributed by atoms with Crippen molar-refractivity contribution in [2.24, 2.45) is 11.8 Å². The van der Waals surface area contributed by atoms with Gasteiger partial charge in [-0.2, -0.15) is 0 Å². The monoisotopic (exact) mass is 269 g/mol. The number of hydrogen-bond acceptors (Lipinski definition) is 1. The molecule has 1 aliphatic heterocycles. The maximum atomic E-state index is 3.66. The van der Waals surface area contributed by atoms with Crippen LogP contribution >= 0.6 is 0 Å². The van der Waals surface area contributed by atoms with E-state index >= 15 is 0 Å². The minimum Gasteiger partial charge on any atom is -0.314 e. The minimum atomic E-state index is 0.887. The molecule has 2 fully saturated rings. The van der Waals surface area contributed by atoms with Crippen LogP contribution in [0.4, 0.5) is 0 Å². The van der Waals surface area contributed by atoms with Crippen LogP contribution in [-0.4, -0.2) is 12.6 Å². The van der Waals surface area contributed by atoms with E-state index in [0.717, 1.165) is 17.9 Å². The molecule has 0 aromatic rings. The van der Waals surface area contributed by atoms with Crippen molar-refractivity contribution in [2.75, 3.05) is 6.54 Å². The molecule has 0 aromatic heterocycles. The van der Waals surface area contributed by atoms with Crippen molar-refractivity contribution in [3.8, 4) is 0 Å². The second-order valence-electron chi connectivity index (χ2n) is 6.31. The molecule has 1 N–H and O–H groups in total. The van der Waals surface area contributed by atoms with Crippen LogP contribution in [0, 0.1) is 11.8 Å². The Labute approximate surface area is 122 Å². The second-order valence-corrected chi connectivity index (χ2v) is 6.31. The van der Waals surface area contributed by atoms with Crippen molar-refractivity contribution < 1.29 is 0 Å². The van der Waals surface area contributed by atoms with Gasteiger partial charge in [-0.15, -0.1) is 0 Å². The molecular formula is C18H39N. The summed E-state index contributed by atoms with van der Waals surface area (Å²) in [5, 5.41) is 3.66. The summed E-state index contributed by atoms with van der Waals surface area (Å²) in [7, 11) is 0. The Morgan fingerprint density at radius 1 is 0.789 bits per heavy atom. The lowest BCUT2D eigenvalue weighted by molar-refractivity contribution is 0.228. The first-order valence-corrected chi connectivity index (χ1v) is 8.96. The zero-order chi connectivity index (χ0) is 14.5. The highest BCUT2D eigenvalue weighted by atomic mass is 14.9. The third kappa shape index (κ3) is 8.68. The fourth-order valence-corrected chi connectivity index (χ4v) is 3.11. The quantitative estimate of drug-likeness (QED) is 0.669. The first kappa shape index (κ1) is 19.0. The van der Waals surface area contributed by atoms with Gasteiger partial charge in [0.1, 0.15) is 0 Å². The van der Waals surface area contributed by atoms with Crippen molar-refractivity contribution in [3.05, 3.63) is 0 Å². The smallest absolute Gasteiger partial charge is 0.00958 e. The number of hydrogen-bond donors (Lipinski definition) is 1. The Hall–Kier alpha value is -0.0400. The summed E-state index contributed by atoms with van der Waals surface area (Å²) >= 11 is 0. The Balaban J connectivity index is 0.000000465. The van der Waals surface area contributed by atoms with Crippen LogP contribution in [0.1, 0.15) is 92.4 Å². The molecule has 0 radical (unpaired) electrons. The van der Waals surface area contributed by atoms with Crippen LogP contribution in [0.2, 0.25) is 0 Å². The highest BCUT2D eigenvalue weighted by molar-refractivity contribution is 4.84. The lowest BCUT2D eigenvalue weighted by Crippen LogP contribution is -2.33. The SMILES string of the molecule is CCC.CCC.CCC1CCC(C2CCCN2)CC1. The molecule has 2 rings (SSSR count). The van der Waals surface area contributed by atoms with Gasteiger partial charge in [-0.05, 0) is 44.1 Å². The standard InChI is InChI=1S/C12H23N.2C3H8/c1-2-10-5-7-11(8-6-10)12-4-3-9-13-12;2*1-3-2/h10-13H,2-9H2,1H3;2*3H2,1-2H3. The van der Waals surface area contributed by atoms with Crippen LogP contribution in [0.15, 0.2) is 0 Å².